The molecule has 4 atom stereocenters. The summed E-state index contributed by atoms with van der Waals surface area (Å²) in [4.78, 5) is 22.2. The topological polar surface area (TPSA) is 145 Å². The van der Waals surface area contributed by atoms with Crippen LogP contribution in [0.15, 0.2) is 0 Å². The number of esters is 1. The van der Waals surface area contributed by atoms with Crippen molar-refractivity contribution in [3.63, 3.8) is 0 Å². The van der Waals surface area contributed by atoms with Crippen LogP contribution < -0.4 is 0 Å². The highest BCUT2D eigenvalue weighted by Crippen LogP contribution is 2.12. The van der Waals surface area contributed by atoms with Gasteiger partial charge < -0.3 is 30.3 Å². The molecule has 0 aromatic carbocycles. The first-order valence-corrected chi connectivity index (χ1v) is 10.4. The zero-order valence-corrected chi connectivity index (χ0v) is 17.0. The Morgan fingerprint density at radius 1 is 0.750 bits per heavy atom. The first-order chi connectivity index (χ1) is 13.3. The molecular weight excluding hydrogens is 368 g/mol. The summed E-state index contributed by atoms with van der Waals surface area (Å²) in [6.45, 7) is 1.63. The fraction of sp³-hybridized carbons (Fsp3) is 0.900. The maximum atomic E-state index is 11.6. The lowest BCUT2D eigenvalue weighted by molar-refractivity contribution is -0.168. The van der Waals surface area contributed by atoms with Gasteiger partial charge in [-0.05, 0) is 6.42 Å². The highest BCUT2D eigenvalue weighted by Gasteiger charge is 2.34. The minimum absolute atomic E-state index is 0.195. The van der Waals surface area contributed by atoms with Crippen molar-refractivity contribution in [1.29, 1.82) is 0 Å². The van der Waals surface area contributed by atoms with E-state index in [2.05, 4.69) is 6.92 Å². The van der Waals surface area contributed by atoms with Crippen LogP contribution in [0.25, 0.3) is 0 Å². The number of ether oxygens (including phenoxy) is 1. The molecule has 0 spiro atoms. The lowest BCUT2D eigenvalue weighted by atomic mass is 10.0. The SMILES string of the molecule is CCCCCCCCCCCCCC(=O)OC[C@@H](O)[C@@H](O)[C@H](O)[C@@H](O)C(=O)O. The van der Waals surface area contributed by atoms with E-state index in [4.69, 9.17) is 14.9 Å². The number of carbonyl (C=O) groups is 2. The number of unbranched alkanes of at least 4 members (excludes halogenated alkanes) is 10. The Hall–Kier alpha value is -1.22. The Morgan fingerprint density at radius 2 is 1.21 bits per heavy atom. The first-order valence-electron chi connectivity index (χ1n) is 10.4. The van der Waals surface area contributed by atoms with E-state index in [-0.39, 0.29) is 6.42 Å². The zero-order chi connectivity index (χ0) is 21.4. The maximum Gasteiger partial charge on any atom is 0.335 e. The molecule has 0 bridgehead atoms. The Morgan fingerprint density at radius 3 is 1.68 bits per heavy atom. The van der Waals surface area contributed by atoms with Gasteiger partial charge in [-0.1, -0.05) is 71.1 Å². The van der Waals surface area contributed by atoms with Crippen LogP contribution in [0.1, 0.15) is 84.0 Å². The molecule has 8 heteroatoms. The second-order valence-corrected chi connectivity index (χ2v) is 7.30. The van der Waals surface area contributed by atoms with Crippen LogP contribution in [0.4, 0.5) is 0 Å². The van der Waals surface area contributed by atoms with E-state index in [0.717, 1.165) is 19.3 Å². The van der Waals surface area contributed by atoms with Gasteiger partial charge in [0.2, 0.25) is 0 Å². The quantitative estimate of drug-likeness (QED) is 0.171. The molecule has 8 nitrogen and oxygen atoms in total. The first kappa shape index (κ1) is 26.8. The molecule has 0 aliphatic carbocycles. The predicted octanol–water partition coefficient (Wildman–Crippen LogP) is 1.76. The summed E-state index contributed by atoms with van der Waals surface area (Å²) < 4.78 is 4.82. The highest BCUT2D eigenvalue weighted by atomic mass is 16.5. The summed E-state index contributed by atoms with van der Waals surface area (Å²) in [6.07, 6.45) is 5.01. The number of aliphatic hydroxyl groups is 4. The van der Waals surface area contributed by atoms with E-state index in [9.17, 15) is 24.9 Å². The molecule has 0 aliphatic heterocycles. The van der Waals surface area contributed by atoms with E-state index >= 15 is 0 Å². The Bertz CT molecular complexity index is 415. The molecule has 0 rings (SSSR count). The van der Waals surface area contributed by atoms with Gasteiger partial charge in [-0.25, -0.2) is 4.79 Å². The minimum atomic E-state index is -2.24. The van der Waals surface area contributed by atoms with Gasteiger partial charge >= 0.3 is 11.9 Å². The van der Waals surface area contributed by atoms with Crippen LogP contribution in [-0.2, 0) is 14.3 Å². The number of aliphatic carboxylic acids is 1. The third kappa shape index (κ3) is 13.0. The van der Waals surface area contributed by atoms with Gasteiger partial charge in [0.15, 0.2) is 6.10 Å². The van der Waals surface area contributed by atoms with Gasteiger partial charge in [-0.2, -0.15) is 0 Å². The maximum absolute atomic E-state index is 11.6. The van der Waals surface area contributed by atoms with E-state index in [1.807, 2.05) is 0 Å². The third-order valence-corrected chi connectivity index (χ3v) is 4.72. The smallest absolute Gasteiger partial charge is 0.335 e. The molecule has 0 aromatic heterocycles. The van der Waals surface area contributed by atoms with Crippen molar-refractivity contribution in [2.75, 3.05) is 6.61 Å². The second kappa shape index (κ2) is 16.7. The minimum Gasteiger partial charge on any atom is -0.479 e. The van der Waals surface area contributed by atoms with Crippen LogP contribution in [-0.4, -0.2) is 68.5 Å². The summed E-state index contributed by atoms with van der Waals surface area (Å²) in [5.74, 6) is -2.26. The number of hydrogen-bond donors (Lipinski definition) is 5. The molecule has 0 radical (unpaired) electrons. The lowest BCUT2D eigenvalue weighted by Crippen LogP contribution is -2.49. The van der Waals surface area contributed by atoms with Crippen molar-refractivity contribution in [2.24, 2.45) is 0 Å². The van der Waals surface area contributed by atoms with Crippen molar-refractivity contribution in [3.05, 3.63) is 0 Å². The molecule has 0 amide bonds. The molecule has 0 aliphatic rings. The summed E-state index contributed by atoms with van der Waals surface area (Å²) in [6, 6.07) is 0. The highest BCUT2D eigenvalue weighted by molar-refractivity contribution is 5.72. The Balaban J connectivity index is 3.67. The van der Waals surface area contributed by atoms with E-state index in [1.54, 1.807) is 0 Å². The average molecular weight is 407 g/mol. The van der Waals surface area contributed by atoms with Gasteiger partial charge in [-0.3, -0.25) is 4.79 Å². The van der Waals surface area contributed by atoms with E-state index < -0.39 is 43.0 Å². The summed E-state index contributed by atoms with van der Waals surface area (Å²) in [5.41, 5.74) is 0. The van der Waals surface area contributed by atoms with Crippen molar-refractivity contribution in [2.45, 2.75) is 108 Å². The predicted molar refractivity (Wildman–Crippen MR) is 104 cm³/mol. The zero-order valence-electron chi connectivity index (χ0n) is 17.0. The fourth-order valence-corrected chi connectivity index (χ4v) is 2.84. The summed E-state index contributed by atoms with van der Waals surface area (Å²) >= 11 is 0. The Labute approximate surface area is 167 Å². The molecule has 5 N–H and O–H groups in total. The number of carbonyl (C=O) groups excluding carboxylic acids is 1. The van der Waals surface area contributed by atoms with Crippen molar-refractivity contribution >= 4 is 11.9 Å². The van der Waals surface area contributed by atoms with Crippen LogP contribution in [0.2, 0.25) is 0 Å². The number of hydrogen-bond acceptors (Lipinski definition) is 7. The van der Waals surface area contributed by atoms with Crippen LogP contribution in [0.3, 0.4) is 0 Å². The molecule has 0 unspecified atom stereocenters. The van der Waals surface area contributed by atoms with Crippen molar-refractivity contribution < 1.29 is 39.9 Å². The second-order valence-electron chi connectivity index (χ2n) is 7.30. The lowest BCUT2D eigenvalue weighted by Gasteiger charge is -2.24. The van der Waals surface area contributed by atoms with Crippen molar-refractivity contribution in [1.82, 2.24) is 0 Å². The van der Waals surface area contributed by atoms with Crippen LogP contribution in [0, 0.1) is 0 Å². The fourth-order valence-electron chi connectivity index (χ4n) is 2.84. The summed E-state index contributed by atoms with van der Waals surface area (Å²) in [5, 5.41) is 46.3. The number of aliphatic hydroxyl groups excluding tert-OH is 4. The van der Waals surface area contributed by atoms with Crippen LogP contribution >= 0.6 is 0 Å². The molecule has 0 fully saturated rings. The molecule has 0 aromatic rings. The largest absolute Gasteiger partial charge is 0.479 e. The van der Waals surface area contributed by atoms with Gasteiger partial charge in [0.25, 0.3) is 0 Å². The standard InChI is InChI=1S/C20H38O8/c1-2-3-4-5-6-7-8-9-10-11-12-13-16(22)28-14-15(21)17(23)18(24)19(25)20(26)27/h15,17-19,21,23-25H,2-14H2,1H3,(H,26,27)/t15-,17-,18+,19-/m1/s1. The van der Waals surface area contributed by atoms with Crippen molar-refractivity contribution in [3.8, 4) is 0 Å². The van der Waals surface area contributed by atoms with Gasteiger partial charge in [0, 0.05) is 6.42 Å². The third-order valence-electron chi connectivity index (χ3n) is 4.72. The average Bonchev–Trinajstić information content (AvgIpc) is 2.68. The van der Waals surface area contributed by atoms with Gasteiger partial charge in [-0.15, -0.1) is 0 Å². The van der Waals surface area contributed by atoms with E-state index in [1.165, 1.54) is 44.9 Å². The molecule has 0 saturated carbocycles. The molecular formula is C20H38O8. The molecule has 28 heavy (non-hydrogen) atoms. The Kier molecular flexibility index (Phi) is 16.0. The normalized spacial score (nSPS) is 15.6. The van der Waals surface area contributed by atoms with Gasteiger partial charge in [0.05, 0.1) is 0 Å². The number of carboxylic acids is 1. The number of rotatable bonds is 18. The van der Waals surface area contributed by atoms with Crippen LogP contribution in [0.5, 0.6) is 0 Å². The molecule has 0 heterocycles. The van der Waals surface area contributed by atoms with Gasteiger partial charge in [0.1, 0.15) is 24.9 Å². The molecule has 166 valence electrons. The summed E-state index contributed by atoms with van der Waals surface area (Å²) in [7, 11) is 0. The molecule has 0 saturated heterocycles. The van der Waals surface area contributed by atoms with E-state index in [0.29, 0.717) is 6.42 Å². The number of carboxylic acid groups (broad SMARTS) is 1. The monoisotopic (exact) mass is 406 g/mol.